The number of anilines is 2. The van der Waals surface area contributed by atoms with Crippen LogP contribution in [0.1, 0.15) is 42.2 Å². The van der Waals surface area contributed by atoms with Gasteiger partial charge in [0.15, 0.2) is 0 Å². The number of nitrogens with one attached hydrogen (secondary N) is 1. The number of piperidine rings is 1. The van der Waals surface area contributed by atoms with E-state index in [0.717, 1.165) is 37.4 Å². The van der Waals surface area contributed by atoms with E-state index in [1.165, 1.54) is 0 Å². The van der Waals surface area contributed by atoms with E-state index in [-0.39, 0.29) is 17.9 Å². The Labute approximate surface area is 170 Å². The SMILES string of the molecule is Cc1cc(N2CCC(Nc3ccc(C(=O)N4CCC(C)CC4)cn3)C2=O)n(C)n1. The lowest BCUT2D eigenvalue weighted by atomic mass is 9.99. The fourth-order valence-corrected chi connectivity index (χ4v) is 4.07. The minimum Gasteiger partial charge on any atom is -0.358 e. The number of pyridine rings is 1. The van der Waals surface area contributed by atoms with Crippen molar-refractivity contribution in [3.8, 4) is 0 Å². The quantitative estimate of drug-likeness (QED) is 0.857. The smallest absolute Gasteiger partial charge is 0.255 e. The van der Waals surface area contributed by atoms with Crippen molar-refractivity contribution in [2.24, 2.45) is 13.0 Å². The molecule has 2 saturated heterocycles. The van der Waals surface area contributed by atoms with Crippen molar-refractivity contribution in [1.82, 2.24) is 19.7 Å². The Morgan fingerprint density at radius 1 is 1.17 bits per heavy atom. The maximum Gasteiger partial charge on any atom is 0.255 e. The minimum atomic E-state index is -0.331. The molecule has 0 saturated carbocycles. The molecule has 8 heteroatoms. The van der Waals surface area contributed by atoms with Crippen LogP contribution in [-0.2, 0) is 11.8 Å². The highest BCUT2D eigenvalue weighted by atomic mass is 16.2. The van der Waals surface area contributed by atoms with Gasteiger partial charge in [-0.3, -0.25) is 19.2 Å². The average Bonchev–Trinajstić information content (AvgIpc) is 3.23. The predicted molar refractivity (Wildman–Crippen MR) is 111 cm³/mol. The number of amides is 2. The normalized spacial score (nSPS) is 20.4. The van der Waals surface area contributed by atoms with E-state index in [1.54, 1.807) is 27.9 Å². The van der Waals surface area contributed by atoms with Gasteiger partial charge in [-0.05, 0) is 44.2 Å². The average molecular weight is 396 g/mol. The second kappa shape index (κ2) is 7.85. The molecule has 0 spiro atoms. The molecule has 2 aliphatic rings. The summed E-state index contributed by atoms with van der Waals surface area (Å²) in [5, 5.41) is 7.53. The molecule has 0 radical (unpaired) electrons. The molecule has 0 aliphatic carbocycles. The van der Waals surface area contributed by atoms with Crippen molar-refractivity contribution >= 4 is 23.5 Å². The molecule has 154 valence electrons. The van der Waals surface area contributed by atoms with Crippen molar-refractivity contribution in [1.29, 1.82) is 0 Å². The number of likely N-dealkylation sites (tertiary alicyclic amines) is 1. The van der Waals surface area contributed by atoms with Crippen LogP contribution >= 0.6 is 0 Å². The Kier molecular flexibility index (Phi) is 5.25. The van der Waals surface area contributed by atoms with E-state index in [4.69, 9.17) is 0 Å². The highest BCUT2D eigenvalue weighted by molar-refractivity contribution is 6.00. The van der Waals surface area contributed by atoms with Gasteiger partial charge >= 0.3 is 0 Å². The van der Waals surface area contributed by atoms with Crippen LogP contribution in [0, 0.1) is 12.8 Å². The molecule has 2 aliphatic heterocycles. The Balaban J connectivity index is 1.38. The first kappa shape index (κ1) is 19.4. The van der Waals surface area contributed by atoms with E-state index < -0.39 is 0 Å². The zero-order valence-corrected chi connectivity index (χ0v) is 17.3. The van der Waals surface area contributed by atoms with Crippen molar-refractivity contribution < 1.29 is 9.59 Å². The van der Waals surface area contributed by atoms with Gasteiger partial charge in [0.1, 0.15) is 17.7 Å². The first-order chi connectivity index (χ1) is 13.9. The summed E-state index contributed by atoms with van der Waals surface area (Å²) in [5.74, 6) is 2.14. The first-order valence-electron chi connectivity index (χ1n) is 10.3. The Morgan fingerprint density at radius 2 is 1.93 bits per heavy atom. The fourth-order valence-electron chi connectivity index (χ4n) is 4.07. The maximum atomic E-state index is 12.8. The summed E-state index contributed by atoms with van der Waals surface area (Å²) in [4.78, 5) is 33.5. The molecular weight excluding hydrogens is 368 g/mol. The van der Waals surface area contributed by atoms with E-state index in [1.807, 2.05) is 24.9 Å². The zero-order valence-electron chi connectivity index (χ0n) is 17.3. The van der Waals surface area contributed by atoms with E-state index in [0.29, 0.717) is 30.3 Å². The van der Waals surface area contributed by atoms with Crippen LogP contribution in [0.15, 0.2) is 24.4 Å². The van der Waals surface area contributed by atoms with Gasteiger partial charge < -0.3 is 10.2 Å². The van der Waals surface area contributed by atoms with Gasteiger partial charge in [-0.2, -0.15) is 5.10 Å². The molecule has 2 aromatic heterocycles. The summed E-state index contributed by atoms with van der Waals surface area (Å²) < 4.78 is 1.73. The Bertz CT molecular complexity index is 898. The third-order valence-corrected chi connectivity index (χ3v) is 5.86. The van der Waals surface area contributed by atoms with Gasteiger partial charge in [0.2, 0.25) is 0 Å². The first-order valence-corrected chi connectivity index (χ1v) is 10.3. The fraction of sp³-hybridized carbons (Fsp3) is 0.524. The summed E-state index contributed by atoms with van der Waals surface area (Å²) >= 11 is 0. The van der Waals surface area contributed by atoms with Gasteiger partial charge in [-0.15, -0.1) is 0 Å². The number of rotatable bonds is 4. The number of hydrogen-bond donors (Lipinski definition) is 1. The number of aromatic nitrogens is 3. The molecule has 2 fully saturated rings. The highest BCUT2D eigenvalue weighted by Crippen LogP contribution is 2.24. The zero-order chi connectivity index (χ0) is 20.5. The van der Waals surface area contributed by atoms with Crippen LogP contribution in [-0.4, -0.2) is 57.2 Å². The van der Waals surface area contributed by atoms with Crippen molar-refractivity contribution in [2.45, 2.75) is 39.2 Å². The standard InChI is InChI=1S/C21H28N6O2/c1-14-6-9-26(10-7-14)20(28)16-4-5-18(22-13-16)23-17-8-11-27(21(17)29)19-12-15(2)24-25(19)3/h4-5,12-14,17H,6-11H2,1-3H3,(H,22,23). The van der Waals surface area contributed by atoms with Crippen LogP contribution in [0.25, 0.3) is 0 Å². The van der Waals surface area contributed by atoms with Gasteiger partial charge in [-0.25, -0.2) is 4.98 Å². The van der Waals surface area contributed by atoms with Crippen molar-refractivity contribution in [3.05, 3.63) is 35.7 Å². The number of carbonyl (C=O) groups is 2. The second-order valence-corrected chi connectivity index (χ2v) is 8.15. The van der Waals surface area contributed by atoms with E-state index in [2.05, 4.69) is 22.3 Å². The summed E-state index contributed by atoms with van der Waals surface area (Å²) in [6.07, 6.45) is 4.40. The molecule has 4 heterocycles. The predicted octanol–water partition coefficient (Wildman–Crippen LogP) is 2.21. The molecule has 2 amide bonds. The summed E-state index contributed by atoms with van der Waals surface area (Å²) in [6.45, 7) is 6.39. The molecule has 1 N–H and O–H groups in total. The van der Waals surface area contributed by atoms with Crippen molar-refractivity contribution in [2.75, 3.05) is 29.9 Å². The third kappa shape index (κ3) is 3.97. The van der Waals surface area contributed by atoms with Crippen LogP contribution in [0.4, 0.5) is 11.6 Å². The van der Waals surface area contributed by atoms with Gasteiger partial charge in [0.05, 0.1) is 11.3 Å². The number of hydrogen-bond acceptors (Lipinski definition) is 5. The monoisotopic (exact) mass is 396 g/mol. The lowest BCUT2D eigenvalue weighted by Gasteiger charge is -2.30. The van der Waals surface area contributed by atoms with E-state index >= 15 is 0 Å². The van der Waals surface area contributed by atoms with Crippen LogP contribution in [0.3, 0.4) is 0 Å². The molecular formula is C21H28N6O2. The van der Waals surface area contributed by atoms with Crippen LogP contribution in [0.5, 0.6) is 0 Å². The van der Waals surface area contributed by atoms with E-state index in [9.17, 15) is 9.59 Å². The van der Waals surface area contributed by atoms with Crippen molar-refractivity contribution in [3.63, 3.8) is 0 Å². The maximum absolute atomic E-state index is 12.8. The molecule has 0 bridgehead atoms. The lowest BCUT2D eigenvalue weighted by molar-refractivity contribution is -0.117. The topological polar surface area (TPSA) is 83.4 Å². The minimum absolute atomic E-state index is 0.0115. The summed E-state index contributed by atoms with van der Waals surface area (Å²) in [6, 6.07) is 5.16. The second-order valence-electron chi connectivity index (χ2n) is 8.15. The van der Waals surface area contributed by atoms with Gasteiger partial charge in [-0.1, -0.05) is 6.92 Å². The molecule has 1 unspecified atom stereocenters. The van der Waals surface area contributed by atoms with Gasteiger partial charge in [0.25, 0.3) is 11.8 Å². The number of carbonyl (C=O) groups excluding carboxylic acids is 2. The molecule has 29 heavy (non-hydrogen) atoms. The highest BCUT2D eigenvalue weighted by Gasteiger charge is 2.34. The van der Waals surface area contributed by atoms with Crippen LogP contribution < -0.4 is 10.2 Å². The molecule has 0 aromatic carbocycles. The molecule has 8 nitrogen and oxygen atoms in total. The summed E-state index contributed by atoms with van der Waals surface area (Å²) in [7, 11) is 1.84. The Morgan fingerprint density at radius 3 is 2.55 bits per heavy atom. The molecule has 4 rings (SSSR count). The number of nitrogens with zero attached hydrogens (tertiary/aromatic N) is 5. The summed E-state index contributed by atoms with van der Waals surface area (Å²) in [5.41, 5.74) is 1.48. The third-order valence-electron chi connectivity index (χ3n) is 5.86. The van der Waals surface area contributed by atoms with Crippen LogP contribution in [0.2, 0.25) is 0 Å². The van der Waals surface area contributed by atoms with Gasteiger partial charge in [0, 0.05) is 38.9 Å². The molecule has 1 atom stereocenters. The number of aryl methyl sites for hydroxylation is 2. The largest absolute Gasteiger partial charge is 0.358 e. The lowest BCUT2D eigenvalue weighted by Crippen LogP contribution is -2.38. The molecule has 2 aromatic rings. The Hall–Kier alpha value is -2.90.